The van der Waals surface area contributed by atoms with E-state index in [1.165, 1.54) is 27.2 Å². The number of carbonyl (C=O) groups excluding carboxylic acids is 4. The number of ether oxygens (including phenoxy) is 4. The molecular formula is C33H33NO15. The molecule has 0 amide bonds. The number of aliphatic hydroxyl groups is 3. The van der Waals surface area contributed by atoms with Crippen molar-refractivity contribution in [3.8, 4) is 11.5 Å². The van der Waals surface area contributed by atoms with Crippen LogP contribution in [0.4, 0.5) is 0 Å². The largest absolute Gasteiger partial charge is 0.507 e. The highest BCUT2D eigenvalue weighted by Gasteiger charge is 2.72. The van der Waals surface area contributed by atoms with Gasteiger partial charge in [0.25, 0.3) is 0 Å². The first-order chi connectivity index (χ1) is 23.0. The van der Waals surface area contributed by atoms with Crippen molar-refractivity contribution in [2.75, 3.05) is 21.3 Å². The standard InChI is InChI=1S/C33H33NO15/c1-10-6-12-7-17(36)33(48-5)29(42)20-14(28(41)32(33,45)21(12)24(39)18(10)31(43)44)8-13-19(23(20)38)16(35)9-15(22(13)37)34-30-27(47-4)25(40)26(46-3)11(2)49-30/h6,8,11,17,25-27,30,36,38-40,45H,7,9H2,1-5H3,(H,43,44). The van der Waals surface area contributed by atoms with Gasteiger partial charge in [-0.2, -0.15) is 0 Å². The maximum Gasteiger partial charge on any atom is 0.339 e. The van der Waals surface area contributed by atoms with Crippen molar-refractivity contribution < 1.29 is 73.6 Å². The summed E-state index contributed by atoms with van der Waals surface area (Å²) in [5.74, 6) is -8.43. The molecule has 260 valence electrons. The summed E-state index contributed by atoms with van der Waals surface area (Å²) < 4.78 is 21.9. The van der Waals surface area contributed by atoms with E-state index in [1.807, 2.05) is 0 Å². The van der Waals surface area contributed by atoms with Gasteiger partial charge >= 0.3 is 5.97 Å². The fourth-order valence-corrected chi connectivity index (χ4v) is 7.81. The number of nitrogens with zero attached hydrogens (tertiary/aromatic N) is 1. The number of aliphatic imine (C=N–C) groups is 1. The highest BCUT2D eigenvalue weighted by molar-refractivity contribution is 6.53. The zero-order valence-corrected chi connectivity index (χ0v) is 26.8. The number of hydrogen-bond donors (Lipinski definition) is 6. The smallest absolute Gasteiger partial charge is 0.339 e. The number of methoxy groups -OCH3 is 3. The molecule has 0 saturated carbocycles. The lowest BCUT2D eigenvalue weighted by Crippen LogP contribution is -2.73. The number of benzene rings is 2. The average Bonchev–Trinajstić information content (AvgIpc) is 3.02. The molecule has 0 spiro atoms. The number of rotatable bonds is 5. The van der Waals surface area contributed by atoms with Crippen LogP contribution in [0, 0.1) is 6.92 Å². The topological polar surface area (TPSA) is 256 Å². The minimum atomic E-state index is -3.29. The predicted octanol–water partition coefficient (Wildman–Crippen LogP) is 0.0192. The van der Waals surface area contributed by atoms with E-state index in [4.69, 9.17) is 18.9 Å². The summed E-state index contributed by atoms with van der Waals surface area (Å²) in [7, 11) is 3.52. The molecule has 2 aromatic rings. The van der Waals surface area contributed by atoms with E-state index in [-0.39, 0.29) is 11.1 Å². The number of aryl methyl sites for hydroxylation is 1. The molecular weight excluding hydrogens is 650 g/mol. The Morgan fingerprint density at radius 1 is 0.959 bits per heavy atom. The maximum absolute atomic E-state index is 14.5. The molecule has 0 bridgehead atoms. The quantitative estimate of drug-likeness (QED) is 0.243. The van der Waals surface area contributed by atoms with E-state index in [0.717, 1.165) is 13.2 Å². The zero-order chi connectivity index (χ0) is 36.1. The molecule has 16 nitrogen and oxygen atoms in total. The summed E-state index contributed by atoms with van der Waals surface area (Å²) >= 11 is 0. The molecule has 0 radical (unpaired) electrons. The number of aliphatic hydroxyl groups excluding tert-OH is 2. The number of hydrogen-bond acceptors (Lipinski definition) is 15. The average molecular weight is 684 g/mol. The lowest BCUT2D eigenvalue weighted by molar-refractivity contribution is -0.228. The number of carboxylic acid groups (broad SMARTS) is 1. The number of fused-ring (bicyclic) bond motifs is 5. The molecule has 16 heteroatoms. The fraction of sp³-hybridized carbons (Fsp3) is 0.455. The number of ketones is 4. The van der Waals surface area contributed by atoms with E-state index >= 15 is 0 Å². The lowest BCUT2D eigenvalue weighted by atomic mass is 9.56. The van der Waals surface area contributed by atoms with Crippen LogP contribution in [0.5, 0.6) is 11.5 Å². The monoisotopic (exact) mass is 683 g/mol. The van der Waals surface area contributed by atoms with E-state index in [0.29, 0.717) is 0 Å². The molecule has 8 atom stereocenters. The van der Waals surface area contributed by atoms with Crippen molar-refractivity contribution in [2.45, 2.75) is 74.6 Å². The Balaban J connectivity index is 1.55. The summed E-state index contributed by atoms with van der Waals surface area (Å²) in [6, 6.07) is 2.05. The SMILES string of the molecule is COC1C(C)OC(N=C2CC(=O)c3c(cc4c(c3O)C(=O)C3(OC)C(O)Cc5cc(C)c(C(=O)O)c(O)c5C3(O)C4=O)C2=O)C(OC)C1O. The van der Waals surface area contributed by atoms with E-state index in [1.54, 1.807) is 6.92 Å². The van der Waals surface area contributed by atoms with Crippen LogP contribution in [0.1, 0.15) is 81.8 Å². The van der Waals surface area contributed by atoms with Crippen LogP contribution >= 0.6 is 0 Å². The summed E-state index contributed by atoms with van der Waals surface area (Å²) in [6.45, 7) is 2.94. The Bertz CT molecular complexity index is 1900. The predicted molar refractivity (Wildman–Crippen MR) is 163 cm³/mol. The number of carboxylic acids is 1. The normalized spacial score (nSPS) is 33.2. The lowest BCUT2D eigenvalue weighted by Gasteiger charge is -2.52. The molecule has 8 unspecified atom stereocenters. The van der Waals surface area contributed by atoms with Crippen LogP contribution in [0.15, 0.2) is 17.1 Å². The fourth-order valence-electron chi connectivity index (χ4n) is 7.81. The van der Waals surface area contributed by atoms with Gasteiger partial charge in [-0.1, -0.05) is 6.07 Å². The van der Waals surface area contributed by atoms with Gasteiger partial charge in [-0.3, -0.25) is 24.2 Å². The Labute approximate surface area is 277 Å². The van der Waals surface area contributed by atoms with Crippen LogP contribution in [-0.4, -0.2) is 129 Å². The number of aromatic hydroxyl groups is 2. The van der Waals surface area contributed by atoms with Gasteiger partial charge in [0.05, 0.1) is 35.5 Å². The molecule has 1 saturated heterocycles. The van der Waals surface area contributed by atoms with E-state index < -0.39 is 140 Å². The maximum atomic E-state index is 14.5. The van der Waals surface area contributed by atoms with Gasteiger partial charge in [0, 0.05) is 44.4 Å². The molecule has 6 N–H and O–H groups in total. The zero-order valence-electron chi connectivity index (χ0n) is 26.8. The Morgan fingerprint density at radius 3 is 2.20 bits per heavy atom. The van der Waals surface area contributed by atoms with Gasteiger partial charge in [-0.25, -0.2) is 4.79 Å². The number of carbonyl (C=O) groups is 5. The second-order valence-electron chi connectivity index (χ2n) is 12.5. The van der Waals surface area contributed by atoms with Gasteiger partial charge in [0.1, 0.15) is 35.4 Å². The van der Waals surface area contributed by atoms with Gasteiger partial charge in [-0.05, 0) is 31.0 Å². The van der Waals surface area contributed by atoms with Crippen molar-refractivity contribution in [3.05, 3.63) is 56.6 Å². The number of phenols is 2. The van der Waals surface area contributed by atoms with Gasteiger partial charge < -0.3 is 49.6 Å². The van der Waals surface area contributed by atoms with Crippen molar-refractivity contribution in [3.63, 3.8) is 0 Å². The highest BCUT2D eigenvalue weighted by Crippen LogP contribution is 2.56. The number of aromatic carboxylic acids is 1. The summed E-state index contributed by atoms with van der Waals surface area (Å²) in [5.41, 5.74) is -10.8. The van der Waals surface area contributed by atoms with Crippen molar-refractivity contribution in [2.24, 2.45) is 4.99 Å². The minimum Gasteiger partial charge on any atom is -0.507 e. The van der Waals surface area contributed by atoms with Crippen LogP contribution < -0.4 is 0 Å². The highest BCUT2D eigenvalue weighted by atomic mass is 16.6. The van der Waals surface area contributed by atoms with Gasteiger partial charge in [-0.15, -0.1) is 0 Å². The van der Waals surface area contributed by atoms with Crippen molar-refractivity contribution in [1.29, 1.82) is 0 Å². The Hall–Kier alpha value is -4.42. The van der Waals surface area contributed by atoms with Crippen LogP contribution in [0.25, 0.3) is 0 Å². The molecule has 1 heterocycles. The molecule has 1 fully saturated rings. The first-order valence-electron chi connectivity index (χ1n) is 15.1. The Kier molecular flexibility index (Phi) is 8.14. The van der Waals surface area contributed by atoms with Crippen molar-refractivity contribution >= 4 is 34.8 Å². The van der Waals surface area contributed by atoms with Crippen molar-refractivity contribution in [1.82, 2.24) is 0 Å². The van der Waals surface area contributed by atoms with Crippen LogP contribution in [0.3, 0.4) is 0 Å². The summed E-state index contributed by atoms with van der Waals surface area (Å²) in [5, 5.41) is 66.9. The first kappa shape index (κ1) is 34.4. The molecule has 2 aromatic carbocycles. The van der Waals surface area contributed by atoms with Gasteiger partial charge in [0.2, 0.25) is 17.3 Å². The summed E-state index contributed by atoms with van der Waals surface area (Å²) in [6.07, 6.45) is -8.36. The van der Waals surface area contributed by atoms with E-state index in [2.05, 4.69) is 4.99 Å². The molecule has 6 rings (SSSR count). The minimum absolute atomic E-state index is 0.0272. The van der Waals surface area contributed by atoms with E-state index in [9.17, 15) is 54.6 Å². The molecule has 49 heavy (non-hydrogen) atoms. The first-order valence-corrected chi connectivity index (χ1v) is 15.1. The molecule has 0 aromatic heterocycles. The number of phenolic OH excluding ortho intramolecular Hbond substituents is 1. The molecule has 1 aliphatic heterocycles. The van der Waals surface area contributed by atoms with Gasteiger partial charge in [0.15, 0.2) is 23.2 Å². The molecule has 4 aliphatic rings. The second-order valence-corrected chi connectivity index (χ2v) is 12.5. The van der Waals surface area contributed by atoms with Crippen LogP contribution in [0.2, 0.25) is 0 Å². The third kappa shape index (κ3) is 4.35. The van der Waals surface area contributed by atoms with Crippen LogP contribution in [-0.2, 0) is 31.0 Å². The Morgan fingerprint density at radius 2 is 1.61 bits per heavy atom. The third-order valence-corrected chi connectivity index (χ3v) is 10.0. The third-order valence-electron chi connectivity index (χ3n) is 10.0. The number of Topliss-reactive ketones (excluding diaryl/α,β-unsaturated/α-hetero) is 4. The second kappa shape index (κ2) is 11.6. The summed E-state index contributed by atoms with van der Waals surface area (Å²) in [4.78, 5) is 72.6. The molecule has 3 aliphatic carbocycles.